The maximum Gasteiger partial charge on any atom is 0.144 e. The highest BCUT2D eigenvalue weighted by Gasteiger charge is 2.05. The second kappa shape index (κ2) is 5.37. The summed E-state index contributed by atoms with van der Waals surface area (Å²) in [6.07, 6.45) is 1.60. The number of nitrogens with zero attached hydrogens (tertiary/aromatic N) is 2. The van der Waals surface area contributed by atoms with Gasteiger partial charge in [-0.05, 0) is 23.8 Å². The fourth-order valence-corrected chi connectivity index (χ4v) is 2.33. The molecule has 0 saturated carbocycles. The quantitative estimate of drug-likeness (QED) is 0.841. The van der Waals surface area contributed by atoms with Gasteiger partial charge in [-0.2, -0.15) is 5.26 Å². The molecule has 84 valence electrons. The molecule has 0 atom stereocenters. The number of aromatic nitrogens is 1. The molecule has 2 aromatic rings. The minimum atomic E-state index is 0.264. The van der Waals surface area contributed by atoms with E-state index in [0.717, 1.165) is 10.5 Å². The topological polar surface area (TPSA) is 56.9 Å². The van der Waals surface area contributed by atoms with E-state index in [1.807, 2.05) is 24.3 Å². The first-order valence-corrected chi connectivity index (χ1v) is 6.04. The third-order valence-corrected chi connectivity index (χ3v) is 3.36. The van der Waals surface area contributed by atoms with Crippen LogP contribution in [0.15, 0.2) is 47.5 Å². The van der Waals surface area contributed by atoms with E-state index in [4.69, 9.17) is 5.26 Å². The summed E-state index contributed by atoms with van der Waals surface area (Å²) in [5.41, 5.74) is 1.32. The first kappa shape index (κ1) is 11.5. The number of thioether (sulfide) groups is 1. The molecule has 1 N–H and O–H groups in total. The van der Waals surface area contributed by atoms with Gasteiger partial charge in [0.15, 0.2) is 0 Å². The zero-order chi connectivity index (χ0) is 12.1. The fourth-order valence-electron chi connectivity index (χ4n) is 1.39. The number of benzene rings is 1. The number of hydrogen-bond acceptors (Lipinski definition) is 4. The summed E-state index contributed by atoms with van der Waals surface area (Å²) in [7, 11) is 0. The summed E-state index contributed by atoms with van der Waals surface area (Å²) in [5.74, 6) is 0.883. The van der Waals surface area contributed by atoms with Crippen LogP contribution in [0, 0.1) is 11.3 Å². The Morgan fingerprint density at radius 1 is 1.24 bits per heavy atom. The normalized spacial score (nSPS) is 9.82. The van der Waals surface area contributed by atoms with Crippen LogP contribution in [0.25, 0.3) is 0 Å². The molecule has 0 saturated heterocycles. The molecular formula is C13H10N2OS. The Bertz CT molecular complexity index is 563. The number of phenols is 1. The average molecular weight is 242 g/mol. The SMILES string of the molecule is N#Cc1ncccc1CSc1ccccc1O. The van der Waals surface area contributed by atoms with E-state index in [-0.39, 0.29) is 5.75 Å². The van der Waals surface area contributed by atoms with Gasteiger partial charge < -0.3 is 5.11 Å². The van der Waals surface area contributed by atoms with E-state index >= 15 is 0 Å². The van der Waals surface area contributed by atoms with Crippen LogP contribution in [0.2, 0.25) is 0 Å². The molecule has 4 heteroatoms. The van der Waals surface area contributed by atoms with Gasteiger partial charge in [-0.15, -0.1) is 11.8 Å². The van der Waals surface area contributed by atoms with E-state index in [1.165, 1.54) is 11.8 Å². The first-order chi connectivity index (χ1) is 8.31. The largest absolute Gasteiger partial charge is 0.507 e. The lowest BCUT2D eigenvalue weighted by Crippen LogP contribution is -1.90. The molecule has 1 heterocycles. The molecule has 0 aliphatic carbocycles. The molecular weight excluding hydrogens is 232 g/mol. The molecule has 0 spiro atoms. The third-order valence-electron chi connectivity index (χ3n) is 2.25. The lowest BCUT2D eigenvalue weighted by Gasteiger charge is -2.04. The first-order valence-electron chi connectivity index (χ1n) is 5.06. The van der Waals surface area contributed by atoms with Gasteiger partial charge in [-0.1, -0.05) is 18.2 Å². The summed E-state index contributed by atoms with van der Waals surface area (Å²) in [4.78, 5) is 4.80. The van der Waals surface area contributed by atoms with Gasteiger partial charge in [-0.3, -0.25) is 0 Å². The van der Waals surface area contributed by atoms with Crippen molar-refractivity contribution in [1.82, 2.24) is 4.98 Å². The van der Waals surface area contributed by atoms with Gasteiger partial charge >= 0.3 is 0 Å². The standard InChI is InChI=1S/C13H10N2OS/c14-8-11-10(4-3-7-15-11)9-17-13-6-2-1-5-12(13)16/h1-7,16H,9H2. The Hall–Kier alpha value is -1.99. The van der Waals surface area contributed by atoms with Crippen molar-refractivity contribution in [1.29, 1.82) is 5.26 Å². The Labute approximate surface area is 104 Å². The maximum absolute atomic E-state index is 9.61. The molecule has 17 heavy (non-hydrogen) atoms. The van der Waals surface area contributed by atoms with E-state index in [9.17, 15) is 5.11 Å². The van der Waals surface area contributed by atoms with Gasteiger partial charge in [0.25, 0.3) is 0 Å². The van der Waals surface area contributed by atoms with Crippen LogP contribution >= 0.6 is 11.8 Å². The van der Waals surface area contributed by atoms with Crippen LogP contribution in [-0.4, -0.2) is 10.1 Å². The van der Waals surface area contributed by atoms with Crippen molar-refractivity contribution in [2.24, 2.45) is 0 Å². The number of pyridine rings is 1. The minimum absolute atomic E-state index is 0.264. The molecule has 2 rings (SSSR count). The predicted octanol–water partition coefficient (Wildman–Crippen LogP) is 2.95. The highest BCUT2D eigenvalue weighted by atomic mass is 32.2. The number of phenolic OH excluding ortho intramolecular Hbond substituents is 1. The molecule has 1 aromatic carbocycles. The van der Waals surface area contributed by atoms with Crippen LogP contribution in [-0.2, 0) is 5.75 Å². The summed E-state index contributed by atoms with van der Waals surface area (Å²) in [6, 6.07) is 12.9. The van der Waals surface area contributed by atoms with Crippen molar-refractivity contribution < 1.29 is 5.11 Å². The predicted molar refractivity (Wildman–Crippen MR) is 66.6 cm³/mol. The monoisotopic (exact) mass is 242 g/mol. The van der Waals surface area contributed by atoms with E-state index in [1.54, 1.807) is 18.3 Å². The Morgan fingerprint density at radius 3 is 2.82 bits per heavy atom. The van der Waals surface area contributed by atoms with Crippen molar-refractivity contribution in [2.45, 2.75) is 10.6 Å². The number of nitriles is 1. The van der Waals surface area contributed by atoms with Crippen molar-refractivity contribution in [3.63, 3.8) is 0 Å². The van der Waals surface area contributed by atoms with Crippen LogP contribution in [0.3, 0.4) is 0 Å². The van der Waals surface area contributed by atoms with Crippen LogP contribution in [0.5, 0.6) is 5.75 Å². The second-order valence-electron chi connectivity index (χ2n) is 3.38. The van der Waals surface area contributed by atoms with Crippen molar-refractivity contribution >= 4 is 11.8 Å². The summed E-state index contributed by atoms with van der Waals surface area (Å²) < 4.78 is 0. The number of hydrogen-bond donors (Lipinski definition) is 1. The van der Waals surface area contributed by atoms with Gasteiger partial charge in [-0.25, -0.2) is 4.98 Å². The van der Waals surface area contributed by atoms with Crippen molar-refractivity contribution in [3.05, 3.63) is 53.9 Å². The number of rotatable bonds is 3. The van der Waals surface area contributed by atoms with Crippen molar-refractivity contribution in [2.75, 3.05) is 0 Å². The number of aromatic hydroxyl groups is 1. The molecule has 1 aromatic heterocycles. The lowest BCUT2D eigenvalue weighted by atomic mass is 10.2. The summed E-state index contributed by atoms with van der Waals surface area (Å²) in [5, 5.41) is 18.5. The van der Waals surface area contributed by atoms with Crippen LogP contribution < -0.4 is 0 Å². The second-order valence-corrected chi connectivity index (χ2v) is 4.40. The fraction of sp³-hybridized carbons (Fsp3) is 0.0769. The zero-order valence-corrected chi connectivity index (χ0v) is 9.81. The van der Waals surface area contributed by atoms with Gasteiger partial charge in [0, 0.05) is 16.8 Å². The van der Waals surface area contributed by atoms with Crippen LogP contribution in [0.4, 0.5) is 0 Å². The summed E-state index contributed by atoms with van der Waals surface area (Å²) in [6.45, 7) is 0. The average Bonchev–Trinajstić information content (AvgIpc) is 2.38. The molecule has 0 amide bonds. The van der Waals surface area contributed by atoms with Crippen LogP contribution in [0.1, 0.15) is 11.3 Å². The van der Waals surface area contributed by atoms with Gasteiger partial charge in [0.05, 0.1) is 0 Å². The molecule has 3 nitrogen and oxygen atoms in total. The molecule has 0 unspecified atom stereocenters. The van der Waals surface area contributed by atoms with E-state index in [0.29, 0.717) is 11.4 Å². The maximum atomic E-state index is 9.61. The number of para-hydroxylation sites is 1. The third kappa shape index (κ3) is 2.77. The highest BCUT2D eigenvalue weighted by molar-refractivity contribution is 7.98. The molecule has 0 aliphatic rings. The van der Waals surface area contributed by atoms with Gasteiger partial charge in [0.2, 0.25) is 0 Å². The molecule has 0 bridgehead atoms. The summed E-state index contributed by atoms with van der Waals surface area (Å²) >= 11 is 1.49. The Balaban J connectivity index is 2.13. The Kier molecular flexibility index (Phi) is 3.63. The lowest BCUT2D eigenvalue weighted by molar-refractivity contribution is 0.462. The minimum Gasteiger partial charge on any atom is -0.507 e. The molecule has 0 aliphatic heterocycles. The van der Waals surface area contributed by atoms with E-state index in [2.05, 4.69) is 11.1 Å². The van der Waals surface area contributed by atoms with Gasteiger partial charge in [0.1, 0.15) is 17.5 Å². The molecule has 0 radical (unpaired) electrons. The van der Waals surface area contributed by atoms with Crippen molar-refractivity contribution in [3.8, 4) is 11.8 Å². The van der Waals surface area contributed by atoms with E-state index < -0.39 is 0 Å². The highest BCUT2D eigenvalue weighted by Crippen LogP contribution is 2.30. The smallest absolute Gasteiger partial charge is 0.144 e. The zero-order valence-electron chi connectivity index (χ0n) is 9.00. The molecule has 0 fully saturated rings. The Morgan fingerprint density at radius 2 is 2.06 bits per heavy atom.